The second-order valence-corrected chi connectivity index (χ2v) is 7.26. The molecule has 2 aliphatic heterocycles. The van der Waals surface area contributed by atoms with E-state index >= 15 is 0 Å². The highest BCUT2D eigenvalue weighted by Gasteiger charge is 2.34. The van der Waals surface area contributed by atoms with Crippen molar-refractivity contribution in [1.29, 1.82) is 0 Å². The highest BCUT2D eigenvalue weighted by Crippen LogP contribution is 2.24. The zero-order valence-electron chi connectivity index (χ0n) is 14.7. The van der Waals surface area contributed by atoms with Gasteiger partial charge >= 0.3 is 0 Å². The van der Waals surface area contributed by atoms with Crippen molar-refractivity contribution < 1.29 is 9.18 Å². The van der Waals surface area contributed by atoms with E-state index in [9.17, 15) is 9.18 Å². The van der Waals surface area contributed by atoms with Gasteiger partial charge in [-0.15, -0.1) is 0 Å². The quantitative estimate of drug-likeness (QED) is 0.900. The highest BCUT2D eigenvalue weighted by molar-refractivity contribution is 5.90. The van der Waals surface area contributed by atoms with Crippen LogP contribution in [0.2, 0.25) is 0 Å². The van der Waals surface area contributed by atoms with Crippen LogP contribution in [0.15, 0.2) is 18.2 Å². The number of anilines is 1. The number of nitrogens with one attached hydrogen (secondary N) is 1. The Bertz CT molecular complexity index is 586. The van der Waals surface area contributed by atoms with Gasteiger partial charge in [-0.3, -0.25) is 14.6 Å². The van der Waals surface area contributed by atoms with Crippen LogP contribution >= 0.6 is 0 Å². The Kier molecular flexibility index (Phi) is 5.51. The molecule has 132 valence electrons. The third kappa shape index (κ3) is 4.14. The Morgan fingerprint density at radius 1 is 1.33 bits per heavy atom. The lowest BCUT2D eigenvalue weighted by molar-refractivity contribution is -0.117. The first-order chi connectivity index (χ1) is 11.5. The van der Waals surface area contributed by atoms with E-state index < -0.39 is 0 Å². The Balaban J connectivity index is 1.38. The summed E-state index contributed by atoms with van der Waals surface area (Å²) in [4.78, 5) is 17.0. The summed E-state index contributed by atoms with van der Waals surface area (Å²) < 4.78 is 13.5. The van der Waals surface area contributed by atoms with Gasteiger partial charge in [-0.25, -0.2) is 4.39 Å². The molecular weight excluding hydrogens is 305 g/mol. The van der Waals surface area contributed by atoms with Crippen molar-refractivity contribution in [2.75, 3.05) is 31.5 Å². The fourth-order valence-electron chi connectivity index (χ4n) is 3.75. The van der Waals surface area contributed by atoms with Gasteiger partial charge in [-0.05, 0) is 50.9 Å². The molecule has 1 amide bonds. The van der Waals surface area contributed by atoms with Crippen LogP contribution in [0.4, 0.5) is 10.1 Å². The molecule has 1 atom stereocenters. The van der Waals surface area contributed by atoms with Crippen molar-refractivity contribution >= 4 is 11.6 Å². The molecule has 1 N–H and O–H groups in total. The lowest BCUT2D eigenvalue weighted by atomic mass is 9.97. The number of rotatable bonds is 5. The van der Waals surface area contributed by atoms with Gasteiger partial charge in [0.2, 0.25) is 5.91 Å². The molecule has 4 nitrogen and oxygen atoms in total. The first-order valence-electron chi connectivity index (χ1n) is 9.07. The van der Waals surface area contributed by atoms with E-state index in [-0.39, 0.29) is 11.7 Å². The summed E-state index contributed by atoms with van der Waals surface area (Å²) in [6.45, 7) is 8.17. The van der Waals surface area contributed by atoms with Gasteiger partial charge in [0, 0.05) is 43.8 Å². The molecule has 0 saturated carbocycles. The minimum atomic E-state index is -0.283. The number of hydrogen-bond acceptors (Lipinski definition) is 3. The Hall–Kier alpha value is -1.46. The average molecular weight is 333 g/mol. The molecule has 0 bridgehead atoms. The molecule has 1 aromatic carbocycles. The lowest BCUT2D eigenvalue weighted by Gasteiger charge is -2.49. The van der Waals surface area contributed by atoms with Crippen molar-refractivity contribution in [1.82, 2.24) is 9.80 Å². The summed E-state index contributed by atoms with van der Waals surface area (Å²) >= 11 is 0. The number of carbonyl (C=O) groups is 1. The number of aryl methyl sites for hydroxylation is 1. The zero-order chi connectivity index (χ0) is 17.1. The Morgan fingerprint density at radius 3 is 2.83 bits per heavy atom. The van der Waals surface area contributed by atoms with Gasteiger partial charge in [0.1, 0.15) is 5.82 Å². The van der Waals surface area contributed by atoms with E-state index in [1.165, 1.54) is 31.9 Å². The molecular formula is C19H28FN3O. The van der Waals surface area contributed by atoms with Gasteiger partial charge in [-0.2, -0.15) is 0 Å². The number of nitrogens with zero attached hydrogens (tertiary/aromatic N) is 2. The van der Waals surface area contributed by atoms with Crippen LogP contribution < -0.4 is 5.32 Å². The number of halogens is 1. The summed E-state index contributed by atoms with van der Waals surface area (Å²) in [7, 11) is 0. The fraction of sp³-hybridized carbons (Fsp3) is 0.632. The second kappa shape index (κ2) is 7.62. The maximum atomic E-state index is 13.5. The van der Waals surface area contributed by atoms with E-state index in [0.717, 1.165) is 19.6 Å². The Labute approximate surface area is 144 Å². The highest BCUT2D eigenvalue weighted by atomic mass is 19.1. The van der Waals surface area contributed by atoms with Crippen LogP contribution in [-0.4, -0.2) is 54.0 Å². The molecule has 1 aromatic rings. The number of carbonyl (C=O) groups excluding carboxylic acids is 1. The van der Waals surface area contributed by atoms with Gasteiger partial charge < -0.3 is 5.32 Å². The molecule has 1 unspecified atom stereocenters. The van der Waals surface area contributed by atoms with Crippen molar-refractivity contribution in [2.45, 2.75) is 51.6 Å². The molecule has 0 spiro atoms. The van der Waals surface area contributed by atoms with Crippen LogP contribution in [0.3, 0.4) is 0 Å². The molecule has 0 aromatic heterocycles. The molecule has 0 radical (unpaired) electrons. The van der Waals surface area contributed by atoms with Gasteiger partial charge in [-0.1, -0.05) is 12.5 Å². The minimum Gasteiger partial charge on any atom is -0.326 e. The zero-order valence-corrected chi connectivity index (χ0v) is 14.7. The van der Waals surface area contributed by atoms with Crippen LogP contribution in [0.1, 0.15) is 38.2 Å². The standard InChI is InChI=1S/C19H28FN3O/c1-14-6-7-16(11-18(14)20)21-19(24)8-10-22-12-17(13-22)23-9-4-3-5-15(23)2/h6-7,11,15,17H,3-5,8-10,12-13H2,1-2H3,(H,21,24). The molecule has 2 fully saturated rings. The smallest absolute Gasteiger partial charge is 0.225 e. The van der Waals surface area contributed by atoms with Crippen LogP contribution in [0.5, 0.6) is 0 Å². The molecule has 5 heteroatoms. The van der Waals surface area contributed by atoms with Crippen LogP contribution in [0.25, 0.3) is 0 Å². The summed E-state index contributed by atoms with van der Waals surface area (Å²) in [5, 5.41) is 2.78. The maximum absolute atomic E-state index is 13.5. The first kappa shape index (κ1) is 17.4. The largest absolute Gasteiger partial charge is 0.326 e. The normalized spacial score (nSPS) is 23.0. The van der Waals surface area contributed by atoms with E-state index in [4.69, 9.17) is 0 Å². The molecule has 2 heterocycles. The average Bonchev–Trinajstić information content (AvgIpc) is 2.51. The molecule has 2 saturated heterocycles. The number of hydrogen-bond donors (Lipinski definition) is 1. The number of likely N-dealkylation sites (tertiary alicyclic amines) is 2. The van der Waals surface area contributed by atoms with E-state index in [0.29, 0.717) is 29.8 Å². The van der Waals surface area contributed by atoms with E-state index in [1.54, 1.807) is 19.1 Å². The van der Waals surface area contributed by atoms with Crippen LogP contribution in [0, 0.1) is 12.7 Å². The third-order valence-corrected chi connectivity index (χ3v) is 5.37. The summed E-state index contributed by atoms with van der Waals surface area (Å²) in [5.41, 5.74) is 1.12. The van der Waals surface area contributed by atoms with E-state index in [1.807, 2.05) is 0 Å². The minimum absolute atomic E-state index is 0.0481. The third-order valence-electron chi connectivity index (χ3n) is 5.37. The molecule has 2 aliphatic rings. The molecule has 24 heavy (non-hydrogen) atoms. The second-order valence-electron chi connectivity index (χ2n) is 7.26. The first-order valence-corrected chi connectivity index (χ1v) is 9.07. The topological polar surface area (TPSA) is 35.6 Å². The summed E-state index contributed by atoms with van der Waals surface area (Å²) in [6, 6.07) is 6.17. The van der Waals surface area contributed by atoms with Crippen molar-refractivity contribution in [3.63, 3.8) is 0 Å². The SMILES string of the molecule is Cc1ccc(NC(=O)CCN2CC(N3CCCCC3C)C2)cc1F. The van der Waals surface area contributed by atoms with Gasteiger partial charge in [0.25, 0.3) is 0 Å². The van der Waals surface area contributed by atoms with Crippen LogP contribution in [-0.2, 0) is 4.79 Å². The molecule has 3 rings (SSSR count). The molecule has 0 aliphatic carbocycles. The fourth-order valence-corrected chi connectivity index (χ4v) is 3.75. The number of amides is 1. The number of benzene rings is 1. The monoisotopic (exact) mass is 333 g/mol. The van der Waals surface area contributed by atoms with Gasteiger partial charge in [0.15, 0.2) is 0 Å². The summed E-state index contributed by atoms with van der Waals surface area (Å²) in [6.07, 6.45) is 4.44. The predicted octanol–water partition coefficient (Wildman–Crippen LogP) is 3.02. The van der Waals surface area contributed by atoms with Crippen molar-refractivity contribution in [2.24, 2.45) is 0 Å². The van der Waals surface area contributed by atoms with Gasteiger partial charge in [0.05, 0.1) is 0 Å². The Morgan fingerprint density at radius 2 is 2.12 bits per heavy atom. The lowest BCUT2D eigenvalue weighted by Crippen LogP contribution is -2.62. The maximum Gasteiger partial charge on any atom is 0.225 e. The summed E-state index contributed by atoms with van der Waals surface area (Å²) in [5.74, 6) is -0.331. The van der Waals surface area contributed by atoms with Crippen molar-refractivity contribution in [3.8, 4) is 0 Å². The van der Waals surface area contributed by atoms with E-state index in [2.05, 4.69) is 22.0 Å². The number of piperidine rings is 1. The predicted molar refractivity (Wildman–Crippen MR) is 94.6 cm³/mol. The van der Waals surface area contributed by atoms with Crippen molar-refractivity contribution in [3.05, 3.63) is 29.6 Å².